The highest BCUT2D eigenvalue weighted by Crippen LogP contribution is 2.14. The van der Waals surface area contributed by atoms with Crippen LogP contribution in [-0.4, -0.2) is 18.1 Å². The van der Waals surface area contributed by atoms with Crippen LogP contribution < -0.4 is 0 Å². The van der Waals surface area contributed by atoms with Gasteiger partial charge in [0, 0.05) is 17.5 Å². The molecule has 1 unspecified atom stereocenters. The minimum atomic E-state index is -0.856. The van der Waals surface area contributed by atoms with Gasteiger partial charge in [-0.25, -0.2) is 4.39 Å². The zero-order valence-electron chi connectivity index (χ0n) is 17.3. The quantitative estimate of drug-likeness (QED) is 0.221. The van der Waals surface area contributed by atoms with Gasteiger partial charge in [0.25, 0.3) is 0 Å². The van der Waals surface area contributed by atoms with E-state index in [0.717, 1.165) is 40.8 Å². The molecule has 3 heteroatoms. The van der Waals surface area contributed by atoms with Gasteiger partial charge >= 0.3 is 0 Å². The maximum absolute atomic E-state index is 13.3. The lowest BCUT2D eigenvalue weighted by molar-refractivity contribution is 0.360. The Kier molecular flexibility index (Phi) is 7.85. The van der Waals surface area contributed by atoms with Crippen LogP contribution in [0.2, 0.25) is 0 Å². The predicted octanol–water partition coefficient (Wildman–Crippen LogP) is 6.58. The number of hydrogen-bond donors (Lipinski definition) is 0. The molecule has 0 aliphatic rings. The lowest BCUT2D eigenvalue weighted by Gasteiger charge is -2.08. The van der Waals surface area contributed by atoms with E-state index in [-0.39, 0.29) is 0 Å². The van der Waals surface area contributed by atoms with Crippen molar-refractivity contribution in [3.05, 3.63) is 119 Å². The SMILES string of the molecule is C=CCCc1ccc(C=NN=C(c2ccccc2)c2ccc(CC(C)F)cc2)cc1. The predicted molar refractivity (Wildman–Crippen MR) is 125 cm³/mol. The van der Waals surface area contributed by atoms with E-state index in [1.165, 1.54) is 5.56 Å². The van der Waals surface area contributed by atoms with Crippen molar-refractivity contribution in [1.82, 2.24) is 0 Å². The molecule has 0 heterocycles. The molecule has 0 bridgehead atoms. The second kappa shape index (κ2) is 11.0. The molecular formula is C27H27FN2. The molecule has 0 aromatic heterocycles. The van der Waals surface area contributed by atoms with E-state index < -0.39 is 6.17 Å². The van der Waals surface area contributed by atoms with E-state index in [9.17, 15) is 4.39 Å². The summed E-state index contributed by atoms with van der Waals surface area (Å²) in [5.74, 6) is 0. The van der Waals surface area contributed by atoms with Crippen molar-refractivity contribution in [3.8, 4) is 0 Å². The van der Waals surface area contributed by atoms with Gasteiger partial charge in [0.1, 0.15) is 11.9 Å². The summed E-state index contributed by atoms with van der Waals surface area (Å²) in [6.07, 6.45) is 5.22. The van der Waals surface area contributed by atoms with Crippen LogP contribution in [0.3, 0.4) is 0 Å². The van der Waals surface area contributed by atoms with Crippen molar-refractivity contribution in [2.24, 2.45) is 10.2 Å². The third kappa shape index (κ3) is 6.35. The minimum absolute atomic E-state index is 0.416. The van der Waals surface area contributed by atoms with E-state index in [0.29, 0.717) is 6.42 Å². The Hall–Kier alpha value is -3.33. The van der Waals surface area contributed by atoms with Gasteiger partial charge in [0.15, 0.2) is 0 Å². The summed E-state index contributed by atoms with van der Waals surface area (Å²) in [6.45, 7) is 5.34. The van der Waals surface area contributed by atoms with Crippen molar-refractivity contribution < 1.29 is 4.39 Å². The van der Waals surface area contributed by atoms with Crippen LogP contribution in [0, 0.1) is 0 Å². The van der Waals surface area contributed by atoms with Crippen LogP contribution in [0.5, 0.6) is 0 Å². The highest BCUT2D eigenvalue weighted by Gasteiger charge is 2.08. The molecule has 0 aliphatic carbocycles. The molecule has 0 radical (unpaired) electrons. The van der Waals surface area contributed by atoms with Crippen LogP contribution >= 0.6 is 0 Å². The fourth-order valence-corrected chi connectivity index (χ4v) is 3.19. The summed E-state index contributed by atoms with van der Waals surface area (Å²) in [4.78, 5) is 0. The fraction of sp³-hybridized carbons (Fsp3) is 0.185. The standard InChI is InChI=1S/C27H27FN2/c1-3-4-8-22-11-13-24(14-12-22)20-29-30-27(25-9-6-5-7-10-25)26-17-15-23(16-18-26)19-21(2)28/h3,5-7,9-18,20-21H,1,4,8,19H2,2H3. The number of benzene rings is 3. The largest absolute Gasteiger partial charge is 0.247 e. The van der Waals surface area contributed by atoms with E-state index in [1.54, 1.807) is 13.1 Å². The van der Waals surface area contributed by atoms with Crippen molar-refractivity contribution in [2.45, 2.75) is 32.4 Å². The number of alkyl halides is 1. The third-order valence-corrected chi connectivity index (χ3v) is 4.77. The number of rotatable bonds is 9. The Bertz CT molecular complexity index is 985. The highest BCUT2D eigenvalue weighted by atomic mass is 19.1. The molecule has 152 valence electrons. The van der Waals surface area contributed by atoms with Gasteiger partial charge in [-0.2, -0.15) is 5.10 Å². The molecule has 30 heavy (non-hydrogen) atoms. The van der Waals surface area contributed by atoms with Crippen LogP contribution in [0.25, 0.3) is 0 Å². The second-order valence-corrected chi connectivity index (χ2v) is 7.31. The summed E-state index contributed by atoms with van der Waals surface area (Å²) in [5, 5.41) is 8.87. The first kappa shape index (κ1) is 21.4. The average molecular weight is 399 g/mol. The molecule has 0 N–H and O–H groups in total. The van der Waals surface area contributed by atoms with Gasteiger partial charge in [0.2, 0.25) is 0 Å². The normalized spacial score (nSPS) is 12.8. The van der Waals surface area contributed by atoms with E-state index >= 15 is 0 Å². The summed E-state index contributed by atoms with van der Waals surface area (Å²) in [7, 11) is 0. The monoisotopic (exact) mass is 398 g/mol. The zero-order chi connectivity index (χ0) is 21.2. The van der Waals surface area contributed by atoms with Gasteiger partial charge in [-0.15, -0.1) is 11.7 Å². The molecule has 0 amide bonds. The van der Waals surface area contributed by atoms with Gasteiger partial charge < -0.3 is 0 Å². The Morgan fingerprint density at radius 2 is 1.53 bits per heavy atom. The molecular weight excluding hydrogens is 371 g/mol. The van der Waals surface area contributed by atoms with Gasteiger partial charge in [-0.1, -0.05) is 84.9 Å². The first-order valence-corrected chi connectivity index (χ1v) is 10.3. The lowest BCUT2D eigenvalue weighted by atomic mass is 10.00. The Morgan fingerprint density at radius 1 is 0.900 bits per heavy atom. The summed E-state index contributed by atoms with van der Waals surface area (Å²) >= 11 is 0. The van der Waals surface area contributed by atoms with Crippen LogP contribution in [-0.2, 0) is 12.8 Å². The molecule has 0 saturated carbocycles. The molecule has 1 atom stereocenters. The van der Waals surface area contributed by atoms with Gasteiger partial charge in [-0.3, -0.25) is 0 Å². The maximum atomic E-state index is 13.3. The summed E-state index contributed by atoms with van der Waals surface area (Å²) in [5.41, 5.74) is 5.98. The number of halogens is 1. The highest BCUT2D eigenvalue weighted by molar-refractivity contribution is 6.13. The van der Waals surface area contributed by atoms with E-state index in [4.69, 9.17) is 0 Å². The smallest absolute Gasteiger partial charge is 0.101 e. The first-order valence-electron chi connectivity index (χ1n) is 10.3. The third-order valence-electron chi connectivity index (χ3n) is 4.77. The summed E-state index contributed by atoms with van der Waals surface area (Å²) in [6, 6.07) is 26.1. The number of hydrogen-bond acceptors (Lipinski definition) is 2. The van der Waals surface area contributed by atoms with Crippen LogP contribution in [0.15, 0.2) is 102 Å². The second-order valence-electron chi connectivity index (χ2n) is 7.31. The molecule has 3 rings (SSSR count). The zero-order valence-corrected chi connectivity index (χ0v) is 17.3. The van der Waals surface area contributed by atoms with Crippen molar-refractivity contribution in [2.75, 3.05) is 0 Å². The molecule has 2 nitrogen and oxygen atoms in total. The first-order chi connectivity index (χ1) is 14.7. The molecule has 3 aromatic rings. The molecule has 0 spiro atoms. The van der Waals surface area contributed by atoms with Crippen molar-refractivity contribution in [1.29, 1.82) is 0 Å². The minimum Gasteiger partial charge on any atom is -0.247 e. The Labute approximate surface area is 178 Å². The van der Waals surface area contributed by atoms with Crippen LogP contribution in [0.4, 0.5) is 4.39 Å². The Balaban J connectivity index is 1.83. The number of aryl methyl sites for hydroxylation is 1. The van der Waals surface area contributed by atoms with Gasteiger partial charge in [0.05, 0.1) is 6.21 Å². The van der Waals surface area contributed by atoms with Crippen molar-refractivity contribution >= 4 is 11.9 Å². The average Bonchev–Trinajstić information content (AvgIpc) is 2.77. The Morgan fingerprint density at radius 3 is 2.17 bits per heavy atom. The van der Waals surface area contributed by atoms with Crippen molar-refractivity contribution in [3.63, 3.8) is 0 Å². The topological polar surface area (TPSA) is 24.7 Å². The van der Waals surface area contributed by atoms with Gasteiger partial charge in [-0.05, 0) is 36.5 Å². The number of allylic oxidation sites excluding steroid dienone is 1. The van der Waals surface area contributed by atoms with E-state index in [1.807, 2.05) is 72.8 Å². The molecule has 0 saturated heterocycles. The maximum Gasteiger partial charge on any atom is 0.101 e. The van der Waals surface area contributed by atoms with Crippen LogP contribution in [0.1, 0.15) is 41.2 Å². The molecule has 3 aromatic carbocycles. The summed E-state index contributed by atoms with van der Waals surface area (Å²) < 4.78 is 13.3. The van der Waals surface area contributed by atoms with E-state index in [2.05, 4.69) is 28.9 Å². The lowest BCUT2D eigenvalue weighted by Crippen LogP contribution is -2.04. The molecule has 0 fully saturated rings. The molecule has 0 aliphatic heterocycles. The number of nitrogens with zero attached hydrogens (tertiary/aromatic N) is 2. The fourth-order valence-electron chi connectivity index (χ4n) is 3.19.